The van der Waals surface area contributed by atoms with E-state index in [4.69, 9.17) is 0 Å². The minimum absolute atomic E-state index is 0. The van der Waals surface area contributed by atoms with Crippen molar-refractivity contribution < 1.29 is 8.56 Å². The first-order valence-electron chi connectivity index (χ1n) is 8.46. The molecule has 134 valence electrons. The van der Waals surface area contributed by atoms with E-state index < -0.39 is 0 Å². The van der Waals surface area contributed by atoms with Crippen molar-refractivity contribution >= 4 is 0 Å². The van der Waals surface area contributed by atoms with E-state index in [0.717, 1.165) is 32.7 Å². The fourth-order valence-corrected chi connectivity index (χ4v) is 1.03. The van der Waals surface area contributed by atoms with Crippen LogP contribution in [0, 0.1) is 0 Å². The molecule has 0 bridgehead atoms. The molecule has 1 unspecified atom stereocenters. The molecule has 0 fully saturated rings. The molecular weight excluding hydrogens is 234 g/mol. The Labute approximate surface area is 133 Å². The Morgan fingerprint density at radius 1 is 0.737 bits per heavy atom. The summed E-state index contributed by atoms with van der Waals surface area (Å²) < 4.78 is 0. The first kappa shape index (κ1) is 27.3. The van der Waals surface area contributed by atoms with E-state index in [0.29, 0.717) is 6.04 Å². The lowest BCUT2D eigenvalue weighted by molar-refractivity contribution is 0.514. The normalized spacial score (nSPS) is 9.95. The molecule has 0 saturated carbocycles. The monoisotopic (exact) mass is 289 g/mol. The predicted octanol–water partition coefficient (Wildman–Crippen LogP) is 5.13. The zero-order valence-corrected chi connectivity index (χ0v) is 15.3. The Balaban J connectivity index is -0.0000000212. The van der Waals surface area contributed by atoms with Crippen molar-refractivity contribution in [2.45, 2.75) is 74.8 Å². The van der Waals surface area contributed by atoms with Crippen LogP contribution in [0.1, 0.15) is 77.3 Å². The molecule has 0 radical (unpaired) electrons. The van der Waals surface area contributed by atoms with Crippen molar-refractivity contribution in [3.05, 3.63) is 0 Å². The molecule has 0 aliphatic heterocycles. The zero-order chi connectivity index (χ0) is 15.9. The van der Waals surface area contributed by atoms with Crippen molar-refractivity contribution in [1.29, 1.82) is 0 Å². The molecule has 0 rings (SSSR count). The van der Waals surface area contributed by atoms with Crippen LogP contribution in [0.5, 0.6) is 0 Å². The van der Waals surface area contributed by atoms with Crippen molar-refractivity contribution in [3.8, 4) is 0 Å². The number of likely N-dealkylation sites (N-methyl/N-ethyl adjacent to an activating group) is 1. The Bertz CT molecular complexity index is 118. The number of nitrogens with one attached hydrogen (secondary N) is 3. The fraction of sp³-hybridized carbons (Fsp3) is 1.00. The highest BCUT2D eigenvalue weighted by Crippen LogP contribution is 1.84. The Morgan fingerprint density at radius 2 is 1.16 bits per heavy atom. The summed E-state index contributed by atoms with van der Waals surface area (Å²) in [7, 11) is 0. The maximum atomic E-state index is 3.44. The van der Waals surface area contributed by atoms with Gasteiger partial charge in [-0.05, 0) is 19.9 Å². The highest BCUT2D eigenvalue weighted by Gasteiger charge is 1.94. The highest BCUT2D eigenvalue weighted by molar-refractivity contribution is 4.59. The van der Waals surface area contributed by atoms with Gasteiger partial charge in [0.25, 0.3) is 0 Å². The van der Waals surface area contributed by atoms with Crippen molar-refractivity contribution in [2.24, 2.45) is 0 Å². The van der Waals surface area contributed by atoms with Gasteiger partial charge in [-0.1, -0.05) is 55.4 Å². The third-order valence-corrected chi connectivity index (χ3v) is 2.14. The Kier molecular flexibility index (Phi) is 51.8. The van der Waals surface area contributed by atoms with E-state index in [1.54, 1.807) is 0 Å². The highest BCUT2D eigenvalue weighted by atomic mass is 15.0. The van der Waals surface area contributed by atoms with Gasteiger partial charge in [0.1, 0.15) is 0 Å². The quantitative estimate of drug-likeness (QED) is 0.515. The summed E-state index contributed by atoms with van der Waals surface area (Å²) in [6.07, 6.45) is 1.21. The van der Waals surface area contributed by atoms with Crippen molar-refractivity contribution in [2.75, 3.05) is 32.7 Å². The van der Waals surface area contributed by atoms with Crippen LogP contribution in [0.25, 0.3) is 0 Å². The minimum atomic E-state index is 0. The van der Waals surface area contributed by atoms with E-state index in [1.165, 1.54) is 6.42 Å². The molecule has 0 spiro atoms. The molecule has 3 N–H and O–H groups in total. The van der Waals surface area contributed by atoms with Crippen LogP contribution in [0.15, 0.2) is 0 Å². The van der Waals surface area contributed by atoms with Gasteiger partial charge in [-0.3, -0.25) is 0 Å². The Morgan fingerprint density at radius 3 is 1.58 bits per heavy atom. The lowest BCUT2D eigenvalue weighted by Crippen LogP contribution is -2.35. The molecule has 19 heavy (non-hydrogen) atoms. The summed E-state index contributed by atoms with van der Waals surface area (Å²) in [5, 5.41) is 10.1. The lowest BCUT2D eigenvalue weighted by atomic mass is 10.3. The second-order valence-corrected chi connectivity index (χ2v) is 3.37. The molecule has 0 aliphatic carbocycles. The van der Waals surface area contributed by atoms with E-state index in [9.17, 15) is 0 Å². The van der Waals surface area contributed by atoms with Gasteiger partial charge in [0.15, 0.2) is 0 Å². The van der Waals surface area contributed by atoms with Gasteiger partial charge < -0.3 is 16.0 Å². The molecular formula is C16H55N3. The average molecular weight is 290 g/mol. The van der Waals surface area contributed by atoms with Gasteiger partial charge in [0, 0.05) is 40.8 Å². The number of hydrogen-bond acceptors (Lipinski definition) is 3. The fourth-order valence-electron chi connectivity index (χ4n) is 1.03. The molecule has 0 aliphatic rings. The van der Waals surface area contributed by atoms with Crippen molar-refractivity contribution in [1.82, 2.24) is 16.0 Å². The summed E-state index contributed by atoms with van der Waals surface area (Å²) in [5.74, 6) is 0. The number of rotatable bonds is 9. The summed E-state index contributed by atoms with van der Waals surface area (Å²) in [6.45, 7) is 23.9. The van der Waals surface area contributed by atoms with Gasteiger partial charge in [0.05, 0.1) is 0 Å². The van der Waals surface area contributed by atoms with Crippen LogP contribution < -0.4 is 16.0 Å². The van der Waals surface area contributed by atoms with Crippen molar-refractivity contribution in [3.63, 3.8) is 0 Å². The minimum Gasteiger partial charge on any atom is -0.316 e. The molecule has 3 heteroatoms. The second kappa shape index (κ2) is 36.1. The molecule has 3 nitrogen and oxygen atoms in total. The largest absolute Gasteiger partial charge is 0.316 e. The zero-order valence-electron chi connectivity index (χ0n) is 15.3. The second-order valence-electron chi connectivity index (χ2n) is 3.37. The SMILES string of the molecule is CC.CC.CC.CCNCCNCCNC(C)CC.[HH].[HH].[HH].[HH].[HH].[HH]. The van der Waals surface area contributed by atoms with E-state index in [-0.39, 0.29) is 8.56 Å². The standard InChI is InChI=1S/C10H25N3.3C2H6.6H2/c1-4-10(3)13-9-8-12-7-6-11-5-2;3*1-2;;;;;;/h10-13H,4-9H2,1-3H3;3*1-2H3;6*1H. The topological polar surface area (TPSA) is 36.1 Å². The molecule has 1 atom stereocenters. The van der Waals surface area contributed by atoms with E-state index in [1.807, 2.05) is 41.5 Å². The van der Waals surface area contributed by atoms with Gasteiger partial charge in [0.2, 0.25) is 0 Å². The van der Waals surface area contributed by atoms with Gasteiger partial charge >= 0.3 is 0 Å². The van der Waals surface area contributed by atoms with E-state index in [2.05, 4.69) is 36.7 Å². The molecule has 0 heterocycles. The molecule has 0 aromatic rings. The van der Waals surface area contributed by atoms with Crippen LogP contribution >= 0.6 is 0 Å². The Hall–Kier alpha value is -0.120. The first-order valence-corrected chi connectivity index (χ1v) is 8.46. The third kappa shape index (κ3) is 38.1. The van der Waals surface area contributed by atoms with Crippen LogP contribution in [0.2, 0.25) is 0 Å². The summed E-state index contributed by atoms with van der Waals surface area (Å²) in [6, 6.07) is 0.649. The van der Waals surface area contributed by atoms with Crippen LogP contribution in [0.4, 0.5) is 0 Å². The maximum absolute atomic E-state index is 3.44. The summed E-state index contributed by atoms with van der Waals surface area (Å²) in [4.78, 5) is 0. The predicted molar refractivity (Wildman–Crippen MR) is 106 cm³/mol. The molecule has 0 saturated heterocycles. The van der Waals surface area contributed by atoms with Gasteiger partial charge in [-0.2, -0.15) is 0 Å². The van der Waals surface area contributed by atoms with Gasteiger partial charge in [-0.25, -0.2) is 0 Å². The maximum Gasteiger partial charge on any atom is 0.00792 e. The third-order valence-electron chi connectivity index (χ3n) is 2.14. The first-order chi connectivity index (χ1) is 9.31. The molecule has 0 aromatic heterocycles. The summed E-state index contributed by atoms with van der Waals surface area (Å²) in [5.41, 5.74) is 0. The van der Waals surface area contributed by atoms with Crippen LogP contribution in [0.3, 0.4) is 0 Å². The smallest absolute Gasteiger partial charge is 0.00792 e. The average Bonchev–Trinajstić information content (AvgIpc) is 2.52. The molecule has 0 amide bonds. The van der Waals surface area contributed by atoms with Crippen LogP contribution in [-0.2, 0) is 0 Å². The number of hydrogen-bond donors (Lipinski definition) is 3. The van der Waals surface area contributed by atoms with E-state index >= 15 is 0 Å². The summed E-state index contributed by atoms with van der Waals surface area (Å²) >= 11 is 0. The van der Waals surface area contributed by atoms with Crippen LogP contribution in [-0.4, -0.2) is 38.8 Å². The molecule has 0 aromatic carbocycles. The lowest BCUT2D eigenvalue weighted by Gasteiger charge is -2.11. The van der Waals surface area contributed by atoms with Gasteiger partial charge in [-0.15, -0.1) is 0 Å².